The van der Waals surface area contributed by atoms with Gasteiger partial charge in [-0.15, -0.1) is 11.3 Å². The Balaban J connectivity index is 0.843. The van der Waals surface area contributed by atoms with Crippen molar-refractivity contribution in [3.63, 3.8) is 0 Å². The van der Waals surface area contributed by atoms with Gasteiger partial charge in [0.1, 0.15) is 0 Å². The molecule has 0 bridgehead atoms. The Labute approximate surface area is 424 Å². The number of hydrogen-bond donors (Lipinski definition) is 0. The summed E-state index contributed by atoms with van der Waals surface area (Å²) in [7, 11) is 0. The summed E-state index contributed by atoms with van der Waals surface area (Å²) in [6, 6.07) is 87.8. The molecule has 2 aliphatic rings. The lowest BCUT2D eigenvalue weighted by atomic mass is 9.79. The first kappa shape index (κ1) is 42.4. The van der Waals surface area contributed by atoms with E-state index in [9.17, 15) is 0 Å². The SMILES string of the molecule is CC1(C)C2=C(CC(N(c3ccc(-c4cccc(-c5ccc6c(c5)c5ccccc5n6-c5ccc6c(c5)sc5ccccc56)c4)cc3)c3cc(-c4ccccc4)cc(-c4ccccc4)c3)C=C2)c2ccccc21. The average Bonchev–Trinajstić information content (AvgIpc) is 4.06. The van der Waals surface area contributed by atoms with E-state index in [0.29, 0.717) is 0 Å². The highest BCUT2D eigenvalue weighted by atomic mass is 32.1. The molecule has 342 valence electrons. The van der Waals surface area contributed by atoms with Gasteiger partial charge in [-0.25, -0.2) is 0 Å². The summed E-state index contributed by atoms with van der Waals surface area (Å²) in [5, 5.41) is 5.16. The normalized spacial score (nSPS) is 14.9. The number of allylic oxidation sites excluding steroid dienone is 2. The van der Waals surface area contributed by atoms with Crippen molar-refractivity contribution in [3.8, 4) is 50.2 Å². The molecule has 2 aliphatic carbocycles. The minimum atomic E-state index is -0.0392. The number of nitrogens with zero attached hydrogens (tertiary/aromatic N) is 2. The van der Waals surface area contributed by atoms with Crippen LogP contribution in [0.1, 0.15) is 31.4 Å². The molecule has 2 heterocycles. The molecule has 0 saturated carbocycles. The van der Waals surface area contributed by atoms with Gasteiger partial charge in [-0.2, -0.15) is 0 Å². The zero-order valence-corrected chi connectivity index (χ0v) is 41.1. The van der Waals surface area contributed by atoms with Crippen LogP contribution in [0.3, 0.4) is 0 Å². The molecule has 1 atom stereocenters. The third-order valence-electron chi connectivity index (χ3n) is 15.5. The number of benzene rings is 10. The number of rotatable bonds is 8. The number of hydrogen-bond acceptors (Lipinski definition) is 2. The summed E-state index contributed by atoms with van der Waals surface area (Å²) in [6.07, 6.45) is 5.80. The van der Waals surface area contributed by atoms with E-state index in [-0.39, 0.29) is 11.5 Å². The molecule has 0 aliphatic heterocycles. The van der Waals surface area contributed by atoms with Crippen LogP contribution in [0.5, 0.6) is 0 Å². The van der Waals surface area contributed by atoms with Gasteiger partial charge in [0.15, 0.2) is 0 Å². The van der Waals surface area contributed by atoms with Gasteiger partial charge in [0.2, 0.25) is 0 Å². The van der Waals surface area contributed by atoms with Crippen LogP contribution in [0.15, 0.2) is 254 Å². The molecule has 12 aromatic rings. The van der Waals surface area contributed by atoms with Gasteiger partial charge in [-0.05, 0) is 146 Å². The third kappa shape index (κ3) is 6.99. The Bertz CT molecular complexity index is 4090. The lowest BCUT2D eigenvalue weighted by Gasteiger charge is -2.36. The third-order valence-corrected chi connectivity index (χ3v) is 16.7. The molecule has 3 heteroatoms. The van der Waals surface area contributed by atoms with E-state index in [1.54, 1.807) is 0 Å². The molecule has 72 heavy (non-hydrogen) atoms. The first-order valence-corrected chi connectivity index (χ1v) is 26.0. The zero-order valence-electron chi connectivity index (χ0n) is 40.3. The van der Waals surface area contributed by atoms with Crippen molar-refractivity contribution in [2.75, 3.05) is 4.90 Å². The lowest BCUT2D eigenvalue weighted by Crippen LogP contribution is -2.31. The van der Waals surface area contributed by atoms with Crippen molar-refractivity contribution in [2.24, 2.45) is 0 Å². The number of anilines is 2. The van der Waals surface area contributed by atoms with Crippen LogP contribution in [0, 0.1) is 0 Å². The minimum absolute atomic E-state index is 0.0392. The smallest absolute Gasteiger partial charge is 0.0566 e. The van der Waals surface area contributed by atoms with E-state index in [1.165, 1.54) is 120 Å². The van der Waals surface area contributed by atoms with Gasteiger partial charge < -0.3 is 9.47 Å². The first-order valence-electron chi connectivity index (χ1n) is 25.2. The molecule has 0 amide bonds. The van der Waals surface area contributed by atoms with Crippen LogP contribution in [-0.2, 0) is 5.41 Å². The molecule has 2 aromatic heterocycles. The Morgan fingerprint density at radius 2 is 1.01 bits per heavy atom. The Hall–Kier alpha value is -8.50. The molecule has 14 rings (SSSR count). The Morgan fingerprint density at radius 3 is 1.79 bits per heavy atom. The van der Waals surface area contributed by atoms with E-state index >= 15 is 0 Å². The molecular weight excluding hydrogens is 889 g/mol. The first-order chi connectivity index (χ1) is 35.4. The number of fused-ring (bicyclic) bond motifs is 8. The second-order valence-electron chi connectivity index (χ2n) is 20.1. The van der Waals surface area contributed by atoms with Crippen LogP contribution in [0.2, 0.25) is 0 Å². The van der Waals surface area contributed by atoms with Gasteiger partial charge >= 0.3 is 0 Å². The van der Waals surface area contributed by atoms with E-state index in [1.807, 2.05) is 11.3 Å². The van der Waals surface area contributed by atoms with E-state index in [2.05, 4.69) is 272 Å². The van der Waals surface area contributed by atoms with Crippen LogP contribution in [-0.4, -0.2) is 10.6 Å². The van der Waals surface area contributed by atoms with Crippen molar-refractivity contribution in [3.05, 3.63) is 265 Å². The van der Waals surface area contributed by atoms with E-state index in [4.69, 9.17) is 0 Å². The maximum absolute atomic E-state index is 2.58. The largest absolute Gasteiger partial charge is 0.334 e. The molecule has 2 nitrogen and oxygen atoms in total. The maximum atomic E-state index is 2.58. The highest BCUT2D eigenvalue weighted by molar-refractivity contribution is 7.25. The molecule has 0 spiro atoms. The van der Waals surface area contributed by atoms with Gasteiger partial charge in [-0.1, -0.05) is 190 Å². The summed E-state index contributed by atoms with van der Waals surface area (Å²) >= 11 is 1.87. The van der Waals surface area contributed by atoms with Gasteiger partial charge in [0.05, 0.1) is 17.1 Å². The molecule has 0 radical (unpaired) electrons. The second kappa shape index (κ2) is 16.8. The quantitative estimate of drug-likeness (QED) is 0.147. The van der Waals surface area contributed by atoms with Crippen molar-refractivity contribution in [1.82, 2.24) is 4.57 Å². The van der Waals surface area contributed by atoms with Gasteiger partial charge in [0.25, 0.3) is 0 Å². The summed E-state index contributed by atoms with van der Waals surface area (Å²) in [5.74, 6) is 0. The lowest BCUT2D eigenvalue weighted by molar-refractivity contribution is 0.648. The zero-order chi connectivity index (χ0) is 47.9. The van der Waals surface area contributed by atoms with Gasteiger partial charge in [0, 0.05) is 53.4 Å². The Morgan fingerprint density at radius 1 is 0.431 bits per heavy atom. The number of thiophene rings is 1. The number of para-hydroxylation sites is 1. The molecule has 1 unspecified atom stereocenters. The highest BCUT2D eigenvalue weighted by Gasteiger charge is 2.39. The van der Waals surface area contributed by atoms with Crippen LogP contribution in [0.25, 0.3) is 97.7 Å². The highest BCUT2D eigenvalue weighted by Crippen LogP contribution is 2.51. The topological polar surface area (TPSA) is 8.17 Å². The second-order valence-corrected chi connectivity index (χ2v) is 21.1. The monoisotopic (exact) mass is 938 g/mol. The van der Waals surface area contributed by atoms with Crippen molar-refractivity contribution in [2.45, 2.75) is 31.7 Å². The summed E-state index contributed by atoms with van der Waals surface area (Å²) < 4.78 is 5.07. The molecular formula is C69H50N2S. The predicted molar refractivity (Wildman–Crippen MR) is 308 cm³/mol. The van der Waals surface area contributed by atoms with Crippen LogP contribution in [0.4, 0.5) is 11.4 Å². The van der Waals surface area contributed by atoms with Gasteiger partial charge in [-0.3, -0.25) is 0 Å². The summed E-state index contributed by atoms with van der Waals surface area (Å²) in [4.78, 5) is 2.58. The van der Waals surface area contributed by atoms with Crippen molar-refractivity contribution in [1.29, 1.82) is 0 Å². The average molecular weight is 939 g/mol. The number of aromatic nitrogens is 1. The summed E-state index contributed by atoms with van der Waals surface area (Å²) in [5.41, 5.74) is 21.2. The van der Waals surface area contributed by atoms with Crippen molar-refractivity contribution >= 4 is 70.3 Å². The summed E-state index contributed by atoms with van der Waals surface area (Å²) in [6.45, 7) is 4.76. The van der Waals surface area contributed by atoms with Crippen molar-refractivity contribution < 1.29 is 0 Å². The standard InChI is InChI=1S/C69H50N2S/c1-69(2)63-25-12-9-22-57(63)61-43-54(34-36-64(61)69)70(56-40-51(45-16-5-3-6-17-45)39-52(41-56)46-18-7-4-8-19-46)53-31-28-47(29-32-53)48-20-15-21-49(38-48)50-30-37-66-62(42-50)58-23-10-13-26-65(58)71(66)55-33-35-60-59-24-11-14-27-67(59)72-68(60)44-55/h3-42,44,54H,43H2,1-2H3. The fraction of sp³-hybridized carbons (Fsp3) is 0.0725. The molecule has 0 saturated heterocycles. The molecule has 0 fully saturated rings. The fourth-order valence-corrected chi connectivity index (χ4v) is 13.1. The van der Waals surface area contributed by atoms with Crippen LogP contribution < -0.4 is 4.90 Å². The van der Waals surface area contributed by atoms with Crippen LogP contribution >= 0.6 is 11.3 Å². The minimum Gasteiger partial charge on any atom is -0.334 e. The Kier molecular flexibility index (Phi) is 9.91. The fourth-order valence-electron chi connectivity index (χ4n) is 12.0. The van der Waals surface area contributed by atoms with E-state index in [0.717, 1.165) is 12.1 Å². The predicted octanol–water partition coefficient (Wildman–Crippen LogP) is 19.0. The van der Waals surface area contributed by atoms with E-state index < -0.39 is 0 Å². The molecule has 0 N–H and O–H groups in total. The molecule has 10 aromatic carbocycles. The maximum Gasteiger partial charge on any atom is 0.0566 e.